The standard InChI is InChI=1S/C9H11.C4H10N.C2H7Si.2ClH.Ti/c1-2-5-9-7-3-6-8(9)4-1;1-4(2,3)5;1-3-2;;;/h1-4,9H,5-7H2;5H,1-3H3;3H,1-2H3;2*1H;/q2*-1;;;;+4/p-2. The Morgan fingerprint density at radius 2 is 1.70 bits per heavy atom. The van der Waals surface area contributed by atoms with Crippen molar-refractivity contribution in [3.63, 3.8) is 0 Å². The van der Waals surface area contributed by atoms with E-state index in [1.54, 1.807) is 5.57 Å². The zero-order valence-electron chi connectivity index (χ0n) is 13.3. The third kappa shape index (κ3) is 19.0. The van der Waals surface area contributed by atoms with Crippen LogP contribution in [0.5, 0.6) is 0 Å². The van der Waals surface area contributed by atoms with Gasteiger partial charge in [-0.1, -0.05) is 57.7 Å². The Morgan fingerprint density at radius 1 is 1.25 bits per heavy atom. The van der Waals surface area contributed by atoms with E-state index in [2.05, 4.69) is 37.7 Å². The average molecular weight is 369 g/mol. The molecule has 2 rings (SSSR count). The molecular formula is C15H28Cl2NSiTi. The SMILES string of the molecule is C1=CCC2C[CH-]CC2=C1.CC(C)(C)[NH-].C[SiH]C.[Cl-].[Cl-].[Ti+4]. The van der Waals surface area contributed by atoms with E-state index in [9.17, 15) is 0 Å². The van der Waals surface area contributed by atoms with Crippen molar-refractivity contribution in [1.82, 2.24) is 0 Å². The molecule has 0 heterocycles. The van der Waals surface area contributed by atoms with Gasteiger partial charge in [-0.3, -0.25) is 0 Å². The minimum atomic E-state index is -0.250. The molecule has 1 fully saturated rings. The van der Waals surface area contributed by atoms with Crippen molar-refractivity contribution >= 4 is 9.52 Å². The van der Waals surface area contributed by atoms with Crippen molar-refractivity contribution in [2.75, 3.05) is 0 Å². The average Bonchev–Trinajstić information content (AvgIpc) is 2.63. The first-order chi connectivity index (χ1) is 7.88. The Morgan fingerprint density at radius 3 is 2.10 bits per heavy atom. The van der Waals surface area contributed by atoms with E-state index in [0.29, 0.717) is 0 Å². The van der Waals surface area contributed by atoms with Crippen LogP contribution in [0.3, 0.4) is 0 Å². The second-order valence-electron chi connectivity index (χ2n) is 5.66. The second kappa shape index (κ2) is 16.3. The minimum absolute atomic E-state index is 0. The van der Waals surface area contributed by atoms with Crippen molar-refractivity contribution < 1.29 is 46.5 Å². The van der Waals surface area contributed by atoms with E-state index < -0.39 is 0 Å². The Balaban J connectivity index is -0.000000103. The second-order valence-corrected chi connectivity index (χ2v) is 6.81. The minimum Gasteiger partial charge on any atom is -1.00 e. The van der Waals surface area contributed by atoms with Crippen LogP contribution in [0.4, 0.5) is 0 Å². The Hall–Kier alpha value is 0.951. The van der Waals surface area contributed by atoms with Crippen molar-refractivity contribution in [1.29, 1.82) is 0 Å². The summed E-state index contributed by atoms with van der Waals surface area (Å²) in [6.07, 6.45) is 13.0. The van der Waals surface area contributed by atoms with Gasteiger partial charge < -0.3 is 37.0 Å². The van der Waals surface area contributed by atoms with Gasteiger partial charge >= 0.3 is 21.7 Å². The van der Waals surface area contributed by atoms with E-state index in [4.69, 9.17) is 5.73 Å². The molecule has 1 saturated carbocycles. The van der Waals surface area contributed by atoms with Crippen LogP contribution in [0.25, 0.3) is 5.73 Å². The number of hydrogen-bond donors (Lipinski definition) is 0. The largest absolute Gasteiger partial charge is 4.00 e. The van der Waals surface area contributed by atoms with Crippen LogP contribution in [0.15, 0.2) is 23.8 Å². The summed E-state index contributed by atoms with van der Waals surface area (Å²) in [5.41, 5.74) is 8.34. The van der Waals surface area contributed by atoms with Crippen molar-refractivity contribution in [2.45, 2.75) is 58.7 Å². The quantitative estimate of drug-likeness (QED) is 0.381. The van der Waals surface area contributed by atoms with Gasteiger partial charge in [0, 0.05) is 9.52 Å². The van der Waals surface area contributed by atoms with Crippen LogP contribution in [0, 0.1) is 12.3 Å². The van der Waals surface area contributed by atoms with E-state index >= 15 is 0 Å². The predicted octanol–water partition coefficient (Wildman–Crippen LogP) is -1.15. The van der Waals surface area contributed by atoms with Crippen molar-refractivity contribution in [3.05, 3.63) is 36.0 Å². The fraction of sp³-hybridized carbons (Fsp3) is 0.667. The summed E-state index contributed by atoms with van der Waals surface area (Å²) < 4.78 is 0. The fourth-order valence-electron chi connectivity index (χ4n) is 1.66. The van der Waals surface area contributed by atoms with Gasteiger partial charge in [0.05, 0.1) is 0 Å². The topological polar surface area (TPSA) is 23.8 Å². The van der Waals surface area contributed by atoms with Gasteiger partial charge in [-0.2, -0.15) is 12.8 Å². The number of fused-ring (bicyclic) bond motifs is 1. The maximum atomic E-state index is 6.94. The van der Waals surface area contributed by atoms with E-state index in [1.165, 1.54) is 19.3 Å². The van der Waals surface area contributed by atoms with Crippen LogP contribution in [0.1, 0.15) is 40.0 Å². The number of allylic oxidation sites excluding steroid dienone is 4. The van der Waals surface area contributed by atoms with Gasteiger partial charge in [0.25, 0.3) is 0 Å². The monoisotopic (exact) mass is 368 g/mol. The van der Waals surface area contributed by atoms with Crippen LogP contribution in [-0.4, -0.2) is 15.1 Å². The smallest absolute Gasteiger partial charge is 1.00 e. The van der Waals surface area contributed by atoms with Gasteiger partial charge in [0.15, 0.2) is 0 Å². The molecule has 1 radical (unpaired) electrons. The van der Waals surface area contributed by atoms with Crippen LogP contribution in [0.2, 0.25) is 13.1 Å². The normalized spacial score (nSPS) is 18.3. The molecule has 1 atom stereocenters. The maximum Gasteiger partial charge on any atom is 4.00 e. The molecule has 0 amide bonds. The Bertz CT molecular complexity index is 257. The molecule has 0 aromatic heterocycles. The zero-order valence-corrected chi connectivity index (χ0v) is 17.6. The zero-order chi connectivity index (χ0) is 13.3. The van der Waals surface area contributed by atoms with Gasteiger partial charge in [0.1, 0.15) is 0 Å². The first-order valence-electron chi connectivity index (χ1n) is 6.54. The Labute approximate surface area is 156 Å². The van der Waals surface area contributed by atoms with Crippen LogP contribution < -0.4 is 24.8 Å². The van der Waals surface area contributed by atoms with Crippen molar-refractivity contribution in [3.8, 4) is 0 Å². The fourth-order valence-corrected chi connectivity index (χ4v) is 1.66. The number of halogens is 2. The van der Waals surface area contributed by atoms with E-state index in [1.807, 2.05) is 20.8 Å². The molecule has 0 aliphatic heterocycles. The summed E-state index contributed by atoms with van der Waals surface area (Å²) in [7, 11) is 0.750. The molecule has 115 valence electrons. The third-order valence-electron chi connectivity index (χ3n) is 2.22. The van der Waals surface area contributed by atoms with Crippen LogP contribution in [-0.2, 0) is 21.7 Å². The summed E-state index contributed by atoms with van der Waals surface area (Å²) >= 11 is 0. The van der Waals surface area contributed by atoms with Gasteiger partial charge in [-0.05, 0) is 12.3 Å². The van der Waals surface area contributed by atoms with Crippen LogP contribution >= 0.6 is 0 Å². The first-order valence-corrected chi connectivity index (χ1v) is 8.85. The molecule has 2 aliphatic carbocycles. The predicted molar refractivity (Wildman–Crippen MR) is 81.8 cm³/mol. The molecule has 1 nitrogen and oxygen atoms in total. The number of hydrogen-bond acceptors (Lipinski definition) is 0. The molecule has 20 heavy (non-hydrogen) atoms. The molecule has 0 aromatic rings. The number of rotatable bonds is 0. The molecule has 0 spiro atoms. The first kappa shape index (κ1) is 29.0. The maximum absolute atomic E-state index is 6.94. The third-order valence-corrected chi connectivity index (χ3v) is 2.22. The molecule has 0 bridgehead atoms. The molecular weight excluding hydrogens is 341 g/mol. The summed E-state index contributed by atoms with van der Waals surface area (Å²) in [6.45, 7) is 9.98. The summed E-state index contributed by atoms with van der Waals surface area (Å²) in [5, 5.41) is 0. The molecule has 1 N–H and O–H groups in total. The molecule has 0 saturated heterocycles. The molecule has 5 heteroatoms. The molecule has 2 aliphatic rings. The molecule has 0 aromatic carbocycles. The Kier molecular flexibility index (Phi) is 23.7. The summed E-state index contributed by atoms with van der Waals surface area (Å²) in [5.74, 6) is 0.884. The molecule has 1 unspecified atom stereocenters. The van der Waals surface area contributed by atoms with Gasteiger partial charge in [-0.25, -0.2) is 0 Å². The van der Waals surface area contributed by atoms with Gasteiger partial charge in [0.2, 0.25) is 0 Å². The van der Waals surface area contributed by atoms with E-state index in [0.717, 1.165) is 15.4 Å². The van der Waals surface area contributed by atoms with Crippen molar-refractivity contribution in [2.24, 2.45) is 5.92 Å². The summed E-state index contributed by atoms with van der Waals surface area (Å²) in [6, 6.07) is 0. The summed E-state index contributed by atoms with van der Waals surface area (Å²) in [4.78, 5) is 0. The number of nitrogens with one attached hydrogen (secondary N) is 1. The van der Waals surface area contributed by atoms with Gasteiger partial charge in [-0.15, -0.1) is 5.54 Å². The van der Waals surface area contributed by atoms with E-state index in [-0.39, 0.29) is 52.1 Å².